The average Bonchev–Trinajstić information content (AvgIpc) is 3.07. The van der Waals surface area contributed by atoms with Crippen molar-refractivity contribution in [3.63, 3.8) is 0 Å². The van der Waals surface area contributed by atoms with E-state index in [-0.39, 0.29) is 5.97 Å². The largest absolute Gasteiger partial charge is 0.466 e. The third-order valence-corrected chi connectivity index (χ3v) is 4.77. The minimum Gasteiger partial charge on any atom is -0.466 e. The molecule has 0 atom stereocenters. The predicted octanol–water partition coefficient (Wildman–Crippen LogP) is 3.27. The van der Waals surface area contributed by atoms with Crippen molar-refractivity contribution in [2.45, 2.75) is 45.4 Å². The van der Waals surface area contributed by atoms with Crippen LogP contribution in [0.2, 0.25) is 0 Å². The van der Waals surface area contributed by atoms with Gasteiger partial charge in [-0.2, -0.15) is 0 Å². The van der Waals surface area contributed by atoms with E-state index in [9.17, 15) is 4.79 Å². The first-order chi connectivity index (χ1) is 9.69. The lowest BCUT2D eigenvalue weighted by Gasteiger charge is -2.19. The van der Waals surface area contributed by atoms with Gasteiger partial charge in [0.05, 0.1) is 18.7 Å². The first kappa shape index (κ1) is 15.3. The molecule has 20 heavy (non-hydrogen) atoms. The molecule has 1 aliphatic carbocycles. The Hall–Kier alpha value is -1.10. The van der Waals surface area contributed by atoms with Crippen LogP contribution in [-0.4, -0.2) is 31.2 Å². The van der Waals surface area contributed by atoms with E-state index in [1.165, 1.54) is 25.7 Å². The fraction of sp³-hybridized carbons (Fsp3) is 0.733. The summed E-state index contributed by atoms with van der Waals surface area (Å²) in [6.07, 6.45) is 6.55. The zero-order valence-electron chi connectivity index (χ0n) is 12.4. The van der Waals surface area contributed by atoms with Crippen LogP contribution in [0.5, 0.6) is 0 Å². The van der Waals surface area contributed by atoms with Crippen LogP contribution >= 0.6 is 11.3 Å². The van der Waals surface area contributed by atoms with Crippen LogP contribution in [0.3, 0.4) is 0 Å². The number of esters is 1. The number of aromatic nitrogens is 1. The van der Waals surface area contributed by atoms with Crippen molar-refractivity contribution in [2.24, 2.45) is 5.92 Å². The number of hydrogen-bond acceptors (Lipinski definition) is 5. The molecule has 112 valence electrons. The highest BCUT2D eigenvalue weighted by molar-refractivity contribution is 7.13. The van der Waals surface area contributed by atoms with Crippen LogP contribution < -0.4 is 4.90 Å². The van der Waals surface area contributed by atoms with Gasteiger partial charge in [0, 0.05) is 25.4 Å². The second-order valence-corrected chi connectivity index (χ2v) is 6.29. The Morgan fingerprint density at radius 2 is 2.25 bits per heavy atom. The van der Waals surface area contributed by atoms with Gasteiger partial charge in [0.15, 0.2) is 5.13 Å². The van der Waals surface area contributed by atoms with Crippen LogP contribution in [-0.2, 0) is 16.0 Å². The van der Waals surface area contributed by atoms with Gasteiger partial charge >= 0.3 is 5.97 Å². The smallest absolute Gasteiger partial charge is 0.306 e. The summed E-state index contributed by atoms with van der Waals surface area (Å²) < 4.78 is 4.93. The van der Waals surface area contributed by atoms with E-state index in [1.807, 2.05) is 6.92 Å². The molecule has 0 aliphatic heterocycles. The second-order valence-electron chi connectivity index (χ2n) is 5.46. The maximum absolute atomic E-state index is 11.3. The molecule has 1 aromatic rings. The van der Waals surface area contributed by atoms with Gasteiger partial charge in [0.1, 0.15) is 0 Å². The molecule has 0 unspecified atom stereocenters. The Morgan fingerprint density at radius 1 is 1.50 bits per heavy atom. The molecule has 0 bridgehead atoms. The lowest BCUT2D eigenvalue weighted by molar-refractivity contribution is -0.143. The summed E-state index contributed by atoms with van der Waals surface area (Å²) in [7, 11) is 2.12. The quantitative estimate of drug-likeness (QED) is 0.724. The first-order valence-electron chi connectivity index (χ1n) is 7.50. The lowest BCUT2D eigenvalue weighted by atomic mass is 10.1. The van der Waals surface area contributed by atoms with E-state index >= 15 is 0 Å². The monoisotopic (exact) mass is 296 g/mol. The number of nitrogens with zero attached hydrogens (tertiary/aromatic N) is 2. The van der Waals surface area contributed by atoms with E-state index in [2.05, 4.69) is 22.3 Å². The number of carbonyl (C=O) groups excluding carboxylic acids is 1. The van der Waals surface area contributed by atoms with Crippen molar-refractivity contribution in [3.05, 3.63) is 11.1 Å². The average molecular weight is 296 g/mol. The van der Waals surface area contributed by atoms with Crippen molar-refractivity contribution in [1.82, 2.24) is 4.98 Å². The van der Waals surface area contributed by atoms with Crippen molar-refractivity contribution in [2.75, 3.05) is 25.1 Å². The highest BCUT2D eigenvalue weighted by Gasteiger charge is 2.18. The van der Waals surface area contributed by atoms with Gasteiger partial charge in [-0.25, -0.2) is 4.98 Å². The zero-order valence-corrected chi connectivity index (χ0v) is 13.2. The summed E-state index contributed by atoms with van der Waals surface area (Å²) in [5.74, 6) is 0.688. The molecule has 5 heteroatoms. The first-order valence-corrected chi connectivity index (χ1v) is 8.38. The van der Waals surface area contributed by atoms with Gasteiger partial charge in [0.25, 0.3) is 0 Å². The zero-order chi connectivity index (χ0) is 14.4. The Balaban J connectivity index is 1.79. The number of thiazole rings is 1. The molecule has 1 aromatic heterocycles. The van der Waals surface area contributed by atoms with Crippen LogP contribution in [0.15, 0.2) is 5.38 Å². The number of hydrogen-bond donors (Lipinski definition) is 0. The summed E-state index contributed by atoms with van der Waals surface area (Å²) in [4.78, 5) is 18.2. The minimum atomic E-state index is -0.138. The summed E-state index contributed by atoms with van der Waals surface area (Å²) in [5.41, 5.74) is 0.997. The van der Waals surface area contributed by atoms with E-state index in [1.54, 1.807) is 11.3 Å². The number of aryl methyl sites for hydroxylation is 1. The van der Waals surface area contributed by atoms with Gasteiger partial charge in [-0.1, -0.05) is 12.8 Å². The van der Waals surface area contributed by atoms with E-state index < -0.39 is 0 Å². The molecular formula is C15H24N2O2S. The Labute approximate surface area is 125 Å². The fourth-order valence-electron chi connectivity index (χ4n) is 2.71. The third kappa shape index (κ3) is 4.47. The molecule has 0 aromatic carbocycles. The molecule has 0 spiro atoms. The van der Waals surface area contributed by atoms with Crippen LogP contribution in [0.4, 0.5) is 5.13 Å². The maximum Gasteiger partial charge on any atom is 0.306 e. The minimum absolute atomic E-state index is 0.138. The van der Waals surface area contributed by atoms with Crippen molar-refractivity contribution in [3.8, 4) is 0 Å². The summed E-state index contributed by atoms with van der Waals surface area (Å²) in [6.45, 7) is 3.38. The molecule has 0 amide bonds. The normalized spacial score (nSPS) is 15.5. The SMILES string of the molecule is CCOC(=O)CCc1csc(N(C)CC2CCCC2)n1. The molecule has 0 radical (unpaired) electrons. The Kier molecular flexibility index (Phi) is 5.83. The molecule has 1 saturated carbocycles. The van der Waals surface area contributed by atoms with Crippen LogP contribution in [0.25, 0.3) is 0 Å². The van der Waals surface area contributed by atoms with Gasteiger partial charge in [0.2, 0.25) is 0 Å². The molecule has 1 heterocycles. The van der Waals surface area contributed by atoms with Crippen molar-refractivity contribution >= 4 is 22.4 Å². The molecule has 4 nitrogen and oxygen atoms in total. The number of anilines is 1. The number of rotatable bonds is 7. The van der Waals surface area contributed by atoms with E-state index in [0.717, 1.165) is 23.3 Å². The predicted molar refractivity (Wildman–Crippen MR) is 82.3 cm³/mol. The van der Waals surface area contributed by atoms with Crippen molar-refractivity contribution in [1.29, 1.82) is 0 Å². The lowest BCUT2D eigenvalue weighted by Crippen LogP contribution is -2.23. The summed E-state index contributed by atoms with van der Waals surface area (Å²) in [6, 6.07) is 0. The van der Waals surface area contributed by atoms with E-state index in [4.69, 9.17) is 4.74 Å². The van der Waals surface area contributed by atoms with Gasteiger partial charge in [-0.05, 0) is 25.7 Å². The molecule has 0 N–H and O–H groups in total. The fourth-order valence-corrected chi connectivity index (χ4v) is 3.54. The highest BCUT2D eigenvalue weighted by atomic mass is 32.1. The standard InChI is InChI=1S/C15H24N2O2S/c1-3-19-14(18)9-8-13-11-20-15(16-13)17(2)10-12-6-4-5-7-12/h11-12H,3-10H2,1-2H3. The Bertz CT molecular complexity index is 427. The highest BCUT2D eigenvalue weighted by Crippen LogP contribution is 2.28. The van der Waals surface area contributed by atoms with Gasteiger partial charge in [-0.3, -0.25) is 4.79 Å². The molecule has 1 fully saturated rings. The molecular weight excluding hydrogens is 272 g/mol. The number of ether oxygens (including phenoxy) is 1. The van der Waals surface area contributed by atoms with Gasteiger partial charge in [-0.15, -0.1) is 11.3 Å². The molecule has 1 aliphatic rings. The summed E-state index contributed by atoms with van der Waals surface area (Å²) in [5, 5.41) is 3.12. The third-order valence-electron chi connectivity index (χ3n) is 3.76. The van der Waals surface area contributed by atoms with Crippen LogP contribution in [0.1, 0.15) is 44.7 Å². The maximum atomic E-state index is 11.3. The van der Waals surface area contributed by atoms with Gasteiger partial charge < -0.3 is 9.64 Å². The topological polar surface area (TPSA) is 42.4 Å². The Morgan fingerprint density at radius 3 is 2.95 bits per heavy atom. The van der Waals surface area contributed by atoms with Crippen molar-refractivity contribution < 1.29 is 9.53 Å². The number of carbonyl (C=O) groups is 1. The molecule has 0 saturated heterocycles. The van der Waals surface area contributed by atoms with E-state index in [0.29, 0.717) is 19.4 Å². The van der Waals surface area contributed by atoms with Crippen LogP contribution in [0, 0.1) is 5.92 Å². The molecule has 2 rings (SSSR count). The summed E-state index contributed by atoms with van der Waals surface area (Å²) >= 11 is 1.67. The second kappa shape index (κ2) is 7.62.